The number of carbonyl (C=O) groups is 1. The zero-order valence-corrected chi connectivity index (χ0v) is 31.1. The molecule has 0 saturated carbocycles. The van der Waals surface area contributed by atoms with E-state index in [4.69, 9.17) is 0 Å². The summed E-state index contributed by atoms with van der Waals surface area (Å²) in [5.41, 5.74) is 15.0. The van der Waals surface area contributed by atoms with Gasteiger partial charge in [-0.2, -0.15) is 0 Å². The largest absolute Gasteiger partial charge is 0.289 e. The number of ketones is 1. The summed E-state index contributed by atoms with van der Waals surface area (Å²) in [6.45, 7) is 0. The monoisotopic (exact) mass is 726 g/mol. The van der Waals surface area contributed by atoms with Crippen LogP contribution in [0.2, 0.25) is 0 Å². The molecular weight excluding hydrogens is 693 g/mol. The lowest BCUT2D eigenvalue weighted by Gasteiger charge is -2.29. The van der Waals surface area contributed by atoms with Crippen LogP contribution in [0.15, 0.2) is 202 Å². The highest BCUT2D eigenvalue weighted by Gasteiger charge is 2.34. The van der Waals surface area contributed by atoms with Crippen LogP contribution in [0.1, 0.15) is 38.2 Å². The average Bonchev–Trinajstić information content (AvgIpc) is 3.25. The molecule has 0 atom stereocenters. The van der Waals surface area contributed by atoms with Crippen LogP contribution in [-0.4, -0.2) is 5.78 Å². The van der Waals surface area contributed by atoms with Gasteiger partial charge in [0, 0.05) is 43.6 Å². The van der Waals surface area contributed by atoms with Crippen LogP contribution in [0.4, 0.5) is 0 Å². The van der Waals surface area contributed by atoms with Crippen LogP contribution in [0.5, 0.6) is 0 Å². The summed E-state index contributed by atoms with van der Waals surface area (Å²) >= 11 is 3.60. The van der Waals surface area contributed by atoms with Crippen LogP contribution in [0.3, 0.4) is 0 Å². The van der Waals surface area contributed by atoms with Gasteiger partial charge in [0.1, 0.15) is 0 Å². The molecule has 0 spiro atoms. The van der Waals surface area contributed by atoms with E-state index in [1.165, 1.54) is 30.7 Å². The second-order valence-electron chi connectivity index (χ2n) is 13.9. The molecule has 3 heteroatoms. The number of carbonyl (C=O) groups excluding carboxylic acids is 1. The van der Waals surface area contributed by atoms with Gasteiger partial charge in [0.15, 0.2) is 5.78 Å². The van der Waals surface area contributed by atoms with Gasteiger partial charge in [0.25, 0.3) is 0 Å². The van der Waals surface area contributed by atoms with Crippen LogP contribution < -0.4 is 0 Å². The standard InChI is InChI=1S/C51H34OS2/c52-49(47-39(33-17-5-1-6-18-33)31-41(35-21-9-3-10-22-35)50-43(47)29-37-25-13-15-27-45(37)53-50)48-40(34-19-7-2-8-20-34)32-42(36-23-11-4-12-24-36)51-44(48)30-38-26-14-16-28-46(38)54-51/h1-28,31-32H,29-30H2. The number of hydrogen-bond acceptors (Lipinski definition) is 3. The van der Waals surface area contributed by atoms with Gasteiger partial charge in [-0.15, -0.1) is 0 Å². The molecule has 8 aromatic rings. The van der Waals surface area contributed by atoms with Crippen molar-refractivity contribution in [2.24, 2.45) is 0 Å². The predicted molar refractivity (Wildman–Crippen MR) is 225 cm³/mol. The quantitative estimate of drug-likeness (QED) is 0.159. The van der Waals surface area contributed by atoms with Crippen molar-refractivity contribution in [1.82, 2.24) is 0 Å². The summed E-state index contributed by atoms with van der Waals surface area (Å²) < 4.78 is 0. The van der Waals surface area contributed by atoms with Gasteiger partial charge in [-0.3, -0.25) is 4.79 Å². The van der Waals surface area contributed by atoms with E-state index in [9.17, 15) is 0 Å². The van der Waals surface area contributed by atoms with Gasteiger partial charge >= 0.3 is 0 Å². The topological polar surface area (TPSA) is 17.1 Å². The van der Waals surface area contributed by atoms with Crippen molar-refractivity contribution >= 4 is 29.3 Å². The third kappa shape index (κ3) is 5.72. The molecule has 2 heterocycles. The maximum atomic E-state index is 16.3. The molecule has 8 aromatic carbocycles. The van der Waals surface area contributed by atoms with E-state index in [0.29, 0.717) is 12.8 Å². The van der Waals surface area contributed by atoms with E-state index < -0.39 is 0 Å². The van der Waals surface area contributed by atoms with Crippen LogP contribution in [0.25, 0.3) is 44.5 Å². The zero-order chi connectivity index (χ0) is 36.0. The Kier molecular flexibility index (Phi) is 8.39. The first kappa shape index (κ1) is 32.8. The fourth-order valence-electron chi connectivity index (χ4n) is 8.11. The maximum Gasteiger partial charge on any atom is 0.194 e. The van der Waals surface area contributed by atoms with E-state index >= 15 is 4.79 Å². The minimum absolute atomic E-state index is 0.0828. The summed E-state index contributed by atoms with van der Waals surface area (Å²) in [4.78, 5) is 21.1. The Balaban J connectivity index is 1.31. The summed E-state index contributed by atoms with van der Waals surface area (Å²) in [6, 6.07) is 64.2. The first-order chi connectivity index (χ1) is 26.7. The second kappa shape index (κ2) is 13.8. The highest BCUT2D eigenvalue weighted by Crippen LogP contribution is 2.52. The third-order valence-corrected chi connectivity index (χ3v) is 13.2. The van der Waals surface area contributed by atoms with E-state index in [0.717, 1.165) is 66.8 Å². The maximum absolute atomic E-state index is 16.3. The van der Waals surface area contributed by atoms with Crippen molar-refractivity contribution in [2.45, 2.75) is 32.4 Å². The fraction of sp³-hybridized carbons (Fsp3) is 0.0392. The summed E-state index contributed by atoms with van der Waals surface area (Å²) in [5.74, 6) is 0.0828. The Bertz CT molecular complexity index is 2510. The lowest BCUT2D eigenvalue weighted by molar-refractivity contribution is 0.103. The van der Waals surface area contributed by atoms with E-state index in [1.54, 1.807) is 23.5 Å². The van der Waals surface area contributed by atoms with E-state index in [-0.39, 0.29) is 5.78 Å². The molecule has 0 aromatic heterocycles. The molecule has 0 amide bonds. The highest BCUT2D eigenvalue weighted by atomic mass is 32.2. The van der Waals surface area contributed by atoms with Crippen LogP contribution in [-0.2, 0) is 12.8 Å². The zero-order valence-electron chi connectivity index (χ0n) is 29.5. The summed E-state index contributed by atoms with van der Waals surface area (Å²) in [6.07, 6.45) is 1.37. The predicted octanol–water partition coefficient (Wildman–Crippen LogP) is 13.7. The average molecular weight is 727 g/mol. The first-order valence-electron chi connectivity index (χ1n) is 18.4. The number of fused-ring (bicyclic) bond motifs is 4. The fourth-order valence-corrected chi connectivity index (χ4v) is 10.6. The molecular formula is C51H34OS2. The molecule has 0 unspecified atom stereocenters. The molecule has 0 saturated heterocycles. The molecule has 2 aliphatic rings. The Morgan fingerprint density at radius 1 is 0.370 bits per heavy atom. The molecule has 0 radical (unpaired) electrons. The van der Waals surface area contributed by atoms with Crippen LogP contribution >= 0.6 is 23.5 Å². The van der Waals surface area contributed by atoms with Gasteiger partial charge < -0.3 is 0 Å². The van der Waals surface area contributed by atoms with Crippen molar-refractivity contribution < 1.29 is 4.79 Å². The van der Waals surface area contributed by atoms with Crippen molar-refractivity contribution in [2.75, 3.05) is 0 Å². The van der Waals surface area contributed by atoms with Crippen molar-refractivity contribution in [3.05, 3.63) is 215 Å². The van der Waals surface area contributed by atoms with E-state index in [1.807, 2.05) is 0 Å². The summed E-state index contributed by atoms with van der Waals surface area (Å²) in [7, 11) is 0. The van der Waals surface area contributed by atoms with Crippen molar-refractivity contribution in [3.63, 3.8) is 0 Å². The Morgan fingerprint density at radius 2 is 0.685 bits per heavy atom. The molecule has 0 N–H and O–H groups in total. The van der Waals surface area contributed by atoms with Crippen LogP contribution in [0, 0.1) is 0 Å². The second-order valence-corrected chi connectivity index (χ2v) is 16.0. The smallest absolute Gasteiger partial charge is 0.194 e. The highest BCUT2D eigenvalue weighted by molar-refractivity contribution is 8.00. The molecule has 0 fully saturated rings. The van der Waals surface area contributed by atoms with Gasteiger partial charge in [-0.05, 0) is 91.0 Å². The Morgan fingerprint density at radius 3 is 1.06 bits per heavy atom. The van der Waals surface area contributed by atoms with E-state index in [2.05, 4.69) is 182 Å². The van der Waals surface area contributed by atoms with Crippen molar-refractivity contribution in [1.29, 1.82) is 0 Å². The third-order valence-electron chi connectivity index (χ3n) is 10.7. The first-order valence-corrected chi connectivity index (χ1v) is 20.0. The lowest BCUT2D eigenvalue weighted by atomic mass is 9.80. The minimum atomic E-state index is 0.0828. The van der Waals surface area contributed by atoms with Gasteiger partial charge in [0.2, 0.25) is 0 Å². The number of benzene rings is 8. The Hall–Kier alpha value is -5.87. The number of rotatable bonds is 6. The summed E-state index contributed by atoms with van der Waals surface area (Å²) in [5, 5.41) is 0. The SMILES string of the molecule is O=C(c1c(-c2ccccc2)cc(-c2ccccc2)c2c1Cc1ccccc1S2)c1c(-c2ccccc2)cc(-c2ccccc2)c2c1Cc1ccccc1S2. The molecule has 0 aliphatic carbocycles. The molecule has 0 bridgehead atoms. The minimum Gasteiger partial charge on any atom is -0.289 e. The van der Waals surface area contributed by atoms with Crippen molar-refractivity contribution in [3.8, 4) is 44.5 Å². The van der Waals surface area contributed by atoms with Gasteiger partial charge in [-0.25, -0.2) is 0 Å². The molecule has 10 rings (SSSR count). The lowest BCUT2D eigenvalue weighted by Crippen LogP contribution is -2.17. The Labute approximate surface area is 324 Å². The normalized spacial score (nSPS) is 12.6. The molecule has 256 valence electrons. The van der Waals surface area contributed by atoms with Gasteiger partial charge in [-0.1, -0.05) is 181 Å². The molecule has 2 aliphatic heterocycles. The molecule has 1 nitrogen and oxygen atoms in total. The number of hydrogen-bond donors (Lipinski definition) is 0. The van der Waals surface area contributed by atoms with Gasteiger partial charge in [0.05, 0.1) is 0 Å². The molecule has 54 heavy (non-hydrogen) atoms.